The highest BCUT2D eigenvalue weighted by atomic mass is 16.5. The normalized spacial score (nSPS) is 16.4. The maximum Gasteiger partial charge on any atom is 0.302 e. The number of amides is 1. The highest BCUT2D eigenvalue weighted by molar-refractivity contribution is 5.76. The quantitative estimate of drug-likeness (QED) is 0.616. The van der Waals surface area contributed by atoms with Crippen LogP contribution in [-0.2, 0) is 4.79 Å². The summed E-state index contributed by atoms with van der Waals surface area (Å²) in [5.74, 6) is 0.695. The Morgan fingerprint density at radius 1 is 1.34 bits per heavy atom. The van der Waals surface area contributed by atoms with Crippen molar-refractivity contribution in [2.75, 3.05) is 13.1 Å². The van der Waals surface area contributed by atoms with Crippen LogP contribution in [-0.4, -0.2) is 48.6 Å². The van der Waals surface area contributed by atoms with Gasteiger partial charge in [-0.2, -0.15) is 10.1 Å². The van der Waals surface area contributed by atoms with Gasteiger partial charge in [0.1, 0.15) is 0 Å². The lowest BCUT2D eigenvalue weighted by Gasteiger charge is -2.16. The van der Waals surface area contributed by atoms with Crippen molar-refractivity contribution in [1.29, 1.82) is 0 Å². The third kappa shape index (κ3) is 4.28. The molecule has 1 saturated heterocycles. The second kappa shape index (κ2) is 8.42. The fraction of sp³-hybridized carbons (Fsp3) is 0.450. The Kier molecular flexibility index (Phi) is 5.55. The van der Waals surface area contributed by atoms with Crippen LogP contribution in [0.15, 0.2) is 35.6 Å². The van der Waals surface area contributed by atoms with Crippen LogP contribution in [0.4, 0.5) is 0 Å². The maximum atomic E-state index is 12.3. The number of nitrogens with zero attached hydrogens (tertiary/aromatic N) is 5. The van der Waals surface area contributed by atoms with Gasteiger partial charge in [0.15, 0.2) is 5.75 Å². The van der Waals surface area contributed by atoms with Crippen LogP contribution in [0.5, 0.6) is 11.8 Å². The van der Waals surface area contributed by atoms with E-state index in [9.17, 15) is 9.59 Å². The topological polar surface area (TPSA) is 106 Å². The predicted molar refractivity (Wildman–Crippen MR) is 107 cm³/mol. The minimum atomic E-state index is -0.284. The zero-order valence-electron chi connectivity index (χ0n) is 16.4. The molecule has 1 fully saturated rings. The number of hydrogen-bond donors (Lipinski definition) is 1. The fourth-order valence-corrected chi connectivity index (χ4v) is 3.57. The molecule has 4 rings (SSSR count). The number of aromatic nitrogens is 5. The van der Waals surface area contributed by atoms with E-state index in [0.717, 1.165) is 32.2 Å². The number of likely N-dealkylation sites (tertiary alicyclic amines) is 1. The smallest absolute Gasteiger partial charge is 0.302 e. The second-order valence-electron chi connectivity index (χ2n) is 7.26. The minimum absolute atomic E-state index is 0.0919. The van der Waals surface area contributed by atoms with Crippen molar-refractivity contribution in [3.63, 3.8) is 0 Å². The van der Waals surface area contributed by atoms with Gasteiger partial charge in [-0.3, -0.25) is 24.2 Å². The maximum absolute atomic E-state index is 12.3. The molecule has 4 heterocycles. The molecular formula is C20H24N6O3. The van der Waals surface area contributed by atoms with Gasteiger partial charge < -0.3 is 9.64 Å². The standard InChI is InChI=1S/C20H24N6O3/c1-2-3-4-5-18(27)25-9-7-14(12-25)26-13-15(10-22-26)29-20-23-17-11-21-8-6-16(17)19(28)24-20/h6,8,10-11,13-14H,2-5,7,9,12H2,1H3,(H,23,24,28). The number of H-pyrrole nitrogens is 1. The molecule has 1 aliphatic heterocycles. The molecule has 1 aliphatic rings. The SMILES string of the molecule is CCCCCC(=O)N1CCC(n2cc(Oc3nc4cnccc4c(=O)[nH]3)cn2)C1. The Bertz CT molecular complexity index is 1060. The summed E-state index contributed by atoms with van der Waals surface area (Å²) in [5, 5.41) is 4.83. The van der Waals surface area contributed by atoms with E-state index in [4.69, 9.17) is 4.74 Å². The van der Waals surface area contributed by atoms with Crippen molar-refractivity contribution in [3.8, 4) is 11.8 Å². The van der Waals surface area contributed by atoms with Crippen LogP contribution in [0.3, 0.4) is 0 Å². The van der Waals surface area contributed by atoms with Crippen LogP contribution >= 0.6 is 0 Å². The molecule has 0 aliphatic carbocycles. The summed E-state index contributed by atoms with van der Waals surface area (Å²) >= 11 is 0. The highest BCUT2D eigenvalue weighted by Gasteiger charge is 2.27. The molecule has 1 atom stereocenters. The average molecular weight is 396 g/mol. The summed E-state index contributed by atoms with van der Waals surface area (Å²) in [5.41, 5.74) is 0.180. The Labute approximate surface area is 167 Å². The van der Waals surface area contributed by atoms with E-state index in [0.29, 0.717) is 29.6 Å². The molecule has 0 spiro atoms. The van der Waals surface area contributed by atoms with Crippen molar-refractivity contribution in [1.82, 2.24) is 29.6 Å². The van der Waals surface area contributed by atoms with Crippen LogP contribution < -0.4 is 10.3 Å². The Balaban J connectivity index is 1.40. The first-order valence-corrected chi connectivity index (χ1v) is 9.98. The van der Waals surface area contributed by atoms with E-state index in [1.165, 1.54) is 6.20 Å². The highest BCUT2D eigenvalue weighted by Crippen LogP contribution is 2.25. The molecule has 1 amide bonds. The van der Waals surface area contributed by atoms with Gasteiger partial charge in [0.2, 0.25) is 5.91 Å². The molecule has 3 aromatic rings. The molecule has 29 heavy (non-hydrogen) atoms. The average Bonchev–Trinajstić information content (AvgIpc) is 3.38. The van der Waals surface area contributed by atoms with E-state index in [-0.39, 0.29) is 23.5 Å². The van der Waals surface area contributed by atoms with Crippen molar-refractivity contribution < 1.29 is 9.53 Å². The molecule has 152 valence electrons. The van der Waals surface area contributed by atoms with E-state index in [1.54, 1.807) is 24.7 Å². The van der Waals surface area contributed by atoms with Crippen molar-refractivity contribution in [2.45, 2.75) is 45.1 Å². The summed E-state index contributed by atoms with van der Waals surface area (Å²) in [7, 11) is 0. The monoisotopic (exact) mass is 396 g/mol. The molecule has 0 saturated carbocycles. The van der Waals surface area contributed by atoms with E-state index < -0.39 is 0 Å². The lowest BCUT2D eigenvalue weighted by atomic mass is 10.2. The zero-order valence-corrected chi connectivity index (χ0v) is 16.4. The molecule has 0 radical (unpaired) electrons. The summed E-state index contributed by atoms with van der Waals surface area (Å²) in [4.78, 5) is 37.2. The van der Waals surface area contributed by atoms with Gasteiger partial charge in [-0.05, 0) is 18.9 Å². The van der Waals surface area contributed by atoms with Crippen molar-refractivity contribution in [3.05, 3.63) is 41.2 Å². The third-order valence-corrected chi connectivity index (χ3v) is 5.16. The molecule has 0 aromatic carbocycles. The minimum Gasteiger partial charge on any atom is -0.422 e. The summed E-state index contributed by atoms with van der Waals surface area (Å²) in [6.07, 6.45) is 11.0. The number of rotatable bonds is 7. The number of hydrogen-bond acceptors (Lipinski definition) is 6. The van der Waals surface area contributed by atoms with Crippen LogP contribution in [0, 0.1) is 0 Å². The zero-order chi connectivity index (χ0) is 20.2. The van der Waals surface area contributed by atoms with Gasteiger partial charge in [0.05, 0.1) is 35.5 Å². The van der Waals surface area contributed by atoms with Gasteiger partial charge >= 0.3 is 6.01 Å². The van der Waals surface area contributed by atoms with E-state index in [1.807, 2.05) is 9.58 Å². The lowest BCUT2D eigenvalue weighted by Crippen LogP contribution is -2.28. The number of carbonyl (C=O) groups excluding carboxylic acids is 1. The van der Waals surface area contributed by atoms with Gasteiger partial charge in [0, 0.05) is 25.7 Å². The Morgan fingerprint density at radius 3 is 3.10 bits per heavy atom. The molecule has 1 unspecified atom stereocenters. The van der Waals surface area contributed by atoms with Gasteiger partial charge in [-0.1, -0.05) is 19.8 Å². The Hall–Kier alpha value is -3.23. The van der Waals surface area contributed by atoms with Gasteiger partial charge in [0.25, 0.3) is 5.56 Å². The number of nitrogens with one attached hydrogen (secondary N) is 1. The Morgan fingerprint density at radius 2 is 2.24 bits per heavy atom. The first kappa shape index (κ1) is 19.1. The van der Waals surface area contributed by atoms with Crippen LogP contribution in [0.2, 0.25) is 0 Å². The van der Waals surface area contributed by atoms with Crippen LogP contribution in [0.1, 0.15) is 45.1 Å². The first-order chi connectivity index (χ1) is 14.1. The molecule has 1 N–H and O–H groups in total. The molecular weight excluding hydrogens is 372 g/mol. The van der Waals surface area contributed by atoms with E-state index >= 15 is 0 Å². The molecule has 9 nitrogen and oxygen atoms in total. The fourth-order valence-electron chi connectivity index (χ4n) is 3.57. The van der Waals surface area contributed by atoms with E-state index in [2.05, 4.69) is 27.0 Å². The number of unbranched alkanes of at least 4 members (excludes halogenated alkanes) is 2. The summed E-state index contributed by atoms with van der Waals surface area (Å²) in [6.45, 7) is 3.54. The number of pyridine rings is 1. The van der Waals surface area contributed by atoms with Gasteiger partial charge in [-0.15, -0.1) is 0 Å². The van der Waals surface area contributed by atoms with Crippen molar-refractivity contribution >= 4 is 16.8 Å². The third-order valence-electron chi connectivity index (χ3n) is 5.16. The number of carbonyl (C=O) groups is 1. The lowest BCUT2D eigenvalue weighted by molar-refractivity contribution is -0.130. The first-order valence-electron chi connectivity index (χ1n) is 9.98. The van der Waals surface area contributed by atoms with Crippen molar-refractivity contribution in [2.24, 2.45) is 0 Å². The summed E-state index contributed by atoms with van der Waals surface area (Å²) < 4.78 is 7.50. The molecule has 3 aromatic heterocycles. The molecule has 9 heteroatoms. The summed E-state index contributed by atoms with van der Waals surface area (Å²) in [6, 6.07) is 1.82. The second-order valence-corrected chi connectivity index (χ2v) is 7.26. The largest absolute Gasteiger partial charge is 0.422 e. The molecule has 0 bridgehead atoms. The number of ether oxygens (including phenoxy) is 1. The number of fused-ring (bicyclic) bond motifs is 1. The van der Waals surface area contributed by atoms with Crippen LogP contribution in [0.25, 0.3) is 10.9 Å². The number of aromatic amines is 1. The van der Waals surface area contributed by atoms with Gasteiger partial charge in [-0.25, -0.2) is 0 Å². The predicted octanol–water partition coefficient (Wildman–Crippen LogP) is 2.66.